The van der Waals surface area contributed by atoms with Crippen molar-refractivity contribution in [1.29, 1.82) is 5.26 Å². The quantitative estimate of drug-likeness (QED) is 0.422. The summed E-state index contributed by atoms with van der Waals surface area (Å²) in [7, 11) is 0. The van der Waals surface area contributed by atoms with Crippen LogP contribution >= 0.6 is 0 Å². The van der Waals surface area contributed by atoms with Gasteiger partial charge >= 0.3 is 5.97 Å². The molecule has 0 amide bonds. The molecule has 0 atom stereocenters. The van der Waals surface area contributed by atoms with Gasteiger partial charge in [-0.2, -0.15) is 5.26 Å². The molecule has 1 aromatic heterocycles. The third-order valence-electron chi connectivity index (χ3n) is 4.77. The van der Waals surface area contributed by atoms with Crippen LogP contribution in [0.2, 0.25) is 0 Å². The summed E-state index contributed by atoms with van der Waals surface area (Å²) in [5.41, 5.74) is 1.27. The topological polar surface area (TPSA) is 83.2 Å². The van der Waals surface area contributed by atoms with Gasteiger partial charge in [-0.25, -0.2) is 18.0 Å². The Morgan fingerprint density at radius 1 is 1.19 bits per heavy atom. The van der Waals surface area contributed by atoms with E-state index in [4.69, 9.17) is 4.74 Å². The largest absolute Gasteiger partial charge is 0.492 e. The Kier molecular flexibility index (Phi) is 6.55. The summed E-state index contributed by atoms with van der Waals surface area (Å²) in [5.74, 6) is -4.78. The van der Waals surface area contributed by atoms with E-state index in [0.717, 1.165) is 6.07 Å². The van der Waals surface area contributed by atoms with Crippen molar-refractivity contribution in [2.45, 2.75) is 19.8 Å². The van der Waals surface area contributed by atoms with E-state index in [1.165, 1.54) is 37.4 Å². The van der Waals surface area contributed by atoms with Gasteiger partial charge in [0.2, 0.25) is 0 Å². The summed E-state index contributed by atoms with van der Waals surface area (Å²) < 4.78 is 46.0. The zero-order valence-electron chi connectivity index (χ0n) is 16.5. The lowest BCUT2D eigenvalue weighted by molar-refractivity contribution is 0.0697. The maximum Gasteiger partial charge on any atom is 0.337 e. The van der Waals surface area contributed by atoms with Crippen LogP contribution in [0.5, 0.6) is 5.75 Å². The highest BCUT2D eigenvalue weighted by molar-refractivity contribution is 5.94. The van der Waals surface area contributed by atoms with Gasteiger partial charge in [-0.3, -0.25) is 4.98 Å². The fourth-order valence-corrected chi connectivity index (χ4v) is 3.14. The lowest BCUT2D eigenvalue weighted by Crippen LogP contribution is -2.05. The molecule has 31 heavy (non-hydrogen) atoms. The molecular formula is C23H17F3N2O3. The van der Waals surface area contributed by atoms with Crippen LogP contribution in [0.1, 0.15) is 33.5 Å². The molecule has 3 aromatic rings. The molecule has 0 saturated heterocycles. The third kappa shape index (κ3) is 4.67. The van der Waals surface area contributed by atoms with Crippen LogP contribution in [0, 0.1) is 35.7 Å². The van der Waals surface area contributed by atoms with Crippen molar-refractivity contribution in [1.82, 2.24) is 4.98 Å². The average molecular weight is 426 g/mol. The Morgan fingerprint density at radius 3 is 2.68 bits per heavy atom. The predicted octanol–water partition coefficient (Wildman–Crippen LogP) is 5.06. The first kappa shape index (κ1) is 21.8. The maximum absolute atomic E-state index is 13.7. The molecule has 2 aromatic carbocycles. The highest BCUT2D eigenvalue weighted by atomic mass is 19.2. The number of carbonyl (C=O) groups is 1. The Hall–Kier alpha value is -3.86. The van der Waals surface area contributed by atoms with Crippen molar-refractivity contribution >= 4 is 5.97 Å². The summed E-state index contributed by atoms with van der Waals surface area (Å²) in [5, 5.41) is 18.8. The summed E-state index contributed by atoms with van der Waals surface area (Å²) in [6.07, 6.45) is 2.10. The molecule has 8 heteroatoms. The predicted molar refractivity (Wildman–Crippen MR) is 106 cm³/mol. The molecular weight excluding hydrogens is 409 g/mol. The lowest BCUT2D eigenvalue weighted by Gasteiger charge is -2.12. The molecule has 0 fully saturated rings. The number of nitrogens with zero attached hydrogens (tertiary/aromatic N) is 2. The van der Waals surface area contributed by atoms with Gasteiger partial charge in [0.05, 0.1) is 23.4 Å². The Bertz CT molecular complexity index is 1190. The van der Waals surface area contributed by atoms with E-state index in [2.05, 4.69) is 4.98 Å². The number of rotatable bonds is 7. The number of carboxylic acid groups (broad SMARTS) is 1. The van der Waals surface area contributed by atoms with Gasteiger partial charge in [0.1, 0.15) is 11.8 Å². The molecule has 0 spiro atoms. The number of pyridine rings is 1. The zero-order valence-corrected chi connectivity index (χ0v) is 16.5. The second-order valence-corrected chi connectivity index (χ2v) is 6.75. The van der Waals surface area contributed by atoms with Crippen LogP contribution in [0.25, 0.3) is 11.3 Å². The van der Waals surface area contributed by atoms with Crippen LogP contribution in [-0.2, 0) is 6.42 Å². The SMILES string of the molecule is Cc1c(CCCOc2ccc(-c3ncccc3C(=O)O)cc2C#N)cc(F)c(F)c1F. The van der Waals surface area contributed by atoms with E-state index in [1.54, 1.807) is 6.07 Å². The van der Waals surface area contributed by atoms with Gasteiger partial charge in [0.25, 0.3) is 0 Å². The van der Waals surface area contributed by atoms with Gasteiger partial charge in [-0.1, -0.05) is 0 Å². The minimum Gasteiger partial charge on any atom is -0.492 e. The summed E-state index contributed by atoms with van der Waals surface area (Å²) in [6.45, 7) is 1.53. The molecule has 1 heterocycles. The minimum atomic E-state index is -1.49. The Morgan fingerprint density at radius 2 is 1.97 bits per heavy atom. The van der Waals surface area contributed by atoms with Crippen molar-refractivity contribution in [3.8, 4) is 23.1 Å². The second kappa shape index (κ2) is 9.30. The summed E-state index contributed by atoms with van der Waals surface area (Å²) >= 11 is 0. The van der Waals surface area contributed by atoms with Gasteiger partial charge in [-0.05, 0) is 67.3 Å². The molecule has 0 radical (unpaired) electrons. The standard InChI is InChI=1S/C23H17F3N2O3/c1-13-14(11-18(24)21(26)20(13)25)4-3-9-31-19-7-6-15(10-16(19)12-27)22-17(23(29)30)5-2-8-28-22/h2,5-8,10-11H,3-4,9H2,1H3,(H,29,30). The number of ether oxygens (including phenoxy) is 1. The number of benzene rings is 2. The first-order valence-corrected chi connectivity index (χ1v) is 9.32. The molecule has 0 aliphatic heterocycles. The third-order valence-corrected chi connectivity index (χ3v) is 4.77. The number of aryl methyl sites for hydroxylation is 1. The fraction of sp³-hybridized carbons (Fsp3) is 0.174. The second-order valence-electron chi connectivity index (χ2n) is 6.75. The van der Waals surface area contributed by atoms with Crippen LogP contribution in [0.3, 0.4) is 0 Å². The molecule has 3 rings (SSSR count). The van der Waals surface area contributed by atoms with Crippen molar-refractivity contribution < 1.29 is 27.8 Å². The van der Waals surface area contributed by atoms with Gasteiger partial charge in [0, 0.05) is 11.8 Å². The van der Waals surface area contributed by atoms with Crippen molar-refractivity contribution in [3.63, 3.8) is 0 Å². The van der Waals surface area contributed by atoms with E-state index in [1.807, 2.05) is 6.07 Å². The van der Waals surface area contributed by atoms with Crippen LogP contribution in [0.4, 0.5) is 13.2 Å². The minimum absolute atomic E-state index is 0.00851. The van der Waals surface area contributed by atoms with Crippen molar-refractivity contribution in [3.05, 3.63) is 82.3 Å². The molecule has 0 saturated carbocycles. The first-order valence-electron chi connectivity index (χ1n) is 9.32. The van der Waals surface area contributed by atoms with E-state index < -0.39 is 23.4 Å². The van der Waals surface area contributed by atoms with E-state index in [0.29, 0.717) is 17.5 Å². The first-order chi connectivity index (χ1) is 14.8. The highest BCUT2D eigenvalue weighted by Crippen LogP contribution is 2.28. The fourth-order valence-electron chi connectivity index (χ4n) is 3.14. The van der Waals surface area contributed by atoms with E-state index >= 15 is 0 Å². The monoisotopic (exact) mass is 426 g/mol. The molecule has 158 valence electrons. The molecule has 1 N–H and O–H groups in total. The molecule has 0 bridgehead atoms. The molecule has 0 aliphatic carbocycles. The Balaban J connectivity index is 1.72. The van der Waals surface area contributed by atoms with Crippen LogP contribution in [-0.4, -0.2) is 22.7 Å². The van der Waals surface area contributed by atoms with E-state index in [-0.39, 0.29) is 41.2 Å². The number of hydrogen-bond donors (Lipinski definition) is 1. The van der Waals surface area contributed by atoms with Gasteiger partial charge in [0.15, 0.2) is 17.5 Å². The number of halogens is 3. The maximum atomic E-state index is 13.7. The van der Waals surface area contributed by atoms with Crippen molar-refractivity contribution in [2.75, 3.05) is 6.61 Å². The Labute approximate surface area is 176 Å². The molecule has 0 unspecified atom stereocenters. The van der Waals surface area contributed by atoms with Gasteiger partial charge < -0.3 is 9.84 Å². The number of carboxylic acids is 1. The molecule has 5 nitrogen and oxygen atoms in total. The highest BCUT2D eigenvalue weighted by Gasteiger charge is 2.16. The number of hydrogen-bond acceptors (Lipinski definition) is 4. The normalized spacial score (nSPS) is 10.5. The van der Waals surface area contributed by atoms with Crippen molar-refractivity contribution in [2.24, 2.45) is 0 Å². The van der Waals surface area contributed by atoms with Gasteiger partial charge in [-0.15, -0.1) is 0 Å². The summed E-state index contributed by atoms with van der Waals surface area (Å²) in [4.78, 5) is 15.5. The average Bonchev–Trinajstić information content (AvgIpc) is 2.78. The number of aromatic carboxylic acids is 1. The van der Waals surface area contributed by atoms with Crippen LogP contribution in [0.15, 0.2) is 42.6 Å². The van der Waals surface area contributed by atoms with E-state index in [9.17, 15) is 28.3 Å². The van der Waals surface area contributed by atoms with Crippen LogP contribution < -0.4 is 4.74 Å². The number of nitriles is 1. The number of aromatic nitrogens is 1. The smallest absolute Gasteiger partial charge is 0.337 e. The molecule has 0 aliphatic rings. The summed E-state index contributed by atoms with van der Waals surface area (Å²) in [6, 6.07) is 10.5. The lowest BCUT2D eigenvalue weighted by atomic mass is 10.0. The zero-order chi connectivity index (χ0) is 22.5.